The lowest BCUT2D eigenvalue weighted by molar-refractivity contribution is 0.112. The molecule has 2 nitrogen and oxygen atoms in total. The van der Waals surface area contributed by atoms with Gasteiger partial charge in [-0.15, -0.1) is 6.58 Å². The van der Waals surface area contributed by atoms with Gasteiger partial charge in [-0.3, -0.25) is 4.79 Å². The maximum Gasteiger partial charge on any atom is 0.153 e. The van der Waals surface area contributed by atoms with Crippen molar-refractivity contribution in [2.24, 2.45) is 0 Å². The lowest BCUT2D eigenvalue weighted by Crippen LogP contribution is -2.05. The second-order valence-corrected chi connectivity index (χ2v) is 4.25. The normalized spacial score (nSPS) is 10.7. The first kappa shape index (κ1) is 12.1. The van der Waals surface area contributed by atoms with E-state index >= 15 is 0 Å². The van der Waals surface area contributed by atoms with Crippen molar-refractivity contribution < 1.29 is 4.79 Å². The molecule has 0 N–H and O–H groups in total. The maximum atomic E-state index is 10.9. The molecule has 0 aliphatic heterocycles. The van der Waals surface area contributed by atoms with Crippen molar-refractivity contribution in [3.63, 3.8) is 0 Å². The summed E-state index contributed by atoms with van der Waals surface area (Å²) in [6.45, 7) is 10.4. The van der Waals surface area contributed by atoms with Gasteiger partial charge in [0.1, 0.15) is 0 Å². The summed E-state index contributed by atoms with van der Waals surface area (Å²) in [5.41, 5.74) is 2.52. The Morgan fingerprint density at radius 2 is 2.13 bits per heavy atom. The second kappa shape index (κ2) is 4.67. The third-order valence-corrected chi connectivity index (χ3v) is 2.92. The van der Waals surface area contributed by atoms with Crippen molar-refractivity contribution in [3.8, 4) is 0 Å². The van der Waals surface area contributed by atoms with Gasteiger partial charge >= 0.3 is 0 Å². The first-order chi connectivity index (χ1) is 7.04. The first-order valence-electron chi connectivity index (χ1n) is 4.99. The van der Waals surface area contributed by atoms with Crippen molar-refractivity contribution >= 4 is 17.9 Å². The molecule has 0 atom stereocenters. The third-order valence-electron chi connectivity index (χ3n) is 2.52. The van der Waals surface area contributed by atoms with E-state index in [0.29, 0.717) is 23.0 Å². The quantitative estimate of drug-likeness (QED) is 0.567. The molecule has 15 heavy (non-hydrogen) atoms. The van der Waals surface area contributed by atoms with Gasteiger partial charge in [-0.2, -0.15) is 0 Å². The van der Waals surface area contributed by atoms with Gasteiger partial charge in [0, 0.05) is 17.9 Å². The number of aromatic nitrogens is 1. The molecule has 0 radical (unpaired) electrons. The van der Waals surface area contributed by atoms with Crippen LogP contribution in [0.25, 0.3) is 0 Å². The van der Waals surface area contributed by atoms with E-state index in [2.05, 4.69) is 20.4 Å². The lowest BCUT2D eigenvalue weighted by Gasteiger charge is -2.12. The van der Waals surface area contributed by atoms with E-state index in [0.717, 1.165) is 17.7 Å². The molecule has 0 saturated carbocycles. The molecule has 0 unspecified atom stereocenters. The molecule has 1 rings (SSSR count). The molecule has 0 amide bonds. The van der Waals surface area contributed by atoms with E-state index in [4.69, 9.17) is 11.6 Å². The molecular weight excluding hydrogens is 210 g/mol. The minimum Gasteiger partial charge on any atom is -0.343 e. The van der Waals surface area contributed by atoms with Gasteiger partial charge < -0.3 is 4.57 Å². The van der Waals surface area contributed by atoms with E-state index < -0.39 is 0 Å². The fourth-order valence-corrected chi connectivity index (χ4v) is 2.31. The van der Waals surface area contributed by atoms with Gasteiger partial charge in [-0.1, -0.05) is 31.5 Å². The lowest BCUT2D eigenvalue weighted by atomic mass is 10.1. The van der Waals surface area contributed by atoms with Crippen LogP contribution in [0.15, 0.2) is 12.7 Å². The Bertz CT molecular complexity index is 391. The van der Waals surface area contributed by atoms with Crippen molar-refractivity contribution in [2.75, 3.05) is 0 Å². The number of aldehydes is 1. The summed E-state index contributed by atoms with van der Waals surface area (Å²) >= 11 is 6.18. The Morgan fingerprint density at radius 1 is 1.53 bits per heavy atom. The molecule has 1 heterocycles. The van der Waals surface area contributed by atoms with Crippen molar-refractivity contribution in [2.45, 2.75) is 33.2 Å². The van der Waals surface area contributed by atoms with Crippen LogP contribution in [-0.4, -0.2) is 10.9 Å². The highest BCUT2D eigenvalue weighted by molar-refractivity contribution is 6.34. The zero-order valence-corrected chi connectivity index (χ0v) is 10.1. The van der Waals surface area contributed by atoms with Crippen LogP contribution >= 0.6 is 11.6 Å². The van der Waals surface area contributed by atoms with Gasteiger partial charge in [0.15, 0.2) is 6.29 Å². The Labute approximate surface area is 95.5 Å². The highest BCUT2D eigenvalue weighted by Crippen LogP contribution is 2.31. The number of hydrogen-bond donors (Lipinski definition) is 0. The van der Waals surface area contributed by atoms with Crippen molar-refractivity contribution in [1.29, 1.82) is 0 Å². The monoisotopic (exact) mass is 225 g/mol. The van der Waals surface area contributed by atoms with E-state index in [9.17, 15) is 4.79 Å². The summed E-state index contributed by atoms with van der Waals surface area (Å²) < 4.78 is 2.05. The number of carbonyl (C=O) groups excluding carboxylic acids is 1. The largest absolute Gasteiger partial charge is 0.343 e. The highest BCUT2D eigenvalue weighted by Gasteiger charge is 2.19. The molecule has 82 valence electrons. The van der Waals surface area contributed by atoms with Crippen LogP contribution in [0.5, 0.6) is 0 Å². The molecule has 0 aliphatic carbocycles. The molecular formula is C12H16ClNO. The summed E-state index contributed by atoms with van der Waals surface area (Å²) in [5.74, 6) is 0.296. The predicted molar refractivity (Wildman–Crippen MR) is 63.9 cm³/mol. The van der Waals surface area contributed by atoms with Gasteiger partial charge in [-0.25, -0.2) is 0 Å². The molecule has 0 fully saturated rings. The van der Waals surface area contributed by atoms with E-state index in [1.165, 1.54) is 0 Å². The smallest absolute Gasteiger partial charge is 0.153 e. The van der Waals surface area contributed by atoms with Crippen molar-refractivity contribution in [1.82, 2.24) is 4.57 Å². The fourth-order valence-electron chi connectivity index (χ4n) is 1.81. The molecule has 0 saturated heterocycles. The van der Waals surface area contributed by atoms with Gasteiger partial charge in [0.05, 0.1) is 10.6 Å². The average Bonchev–Trinajstić information content (AvgIpc) is 2.39. The van der Waals surface area contributed by atoms with Crippen molar-refractivity contribution in [3.05, 3.63) is 34.6 Å². The standard InChI is InChI=1S/C12H16ClNO/c1-5-6-14-9(4)10(7-15)11(13)12(14)8(2)3/h5,7-8H,1,6H2,2-4H3. The topological polar surface area (TPSA) is 22.0 Å². The average molecular weight is 226 g/mol. The summed E-state index contributed by atoms with van der Waals surface area (Å²) in [6, 6.07) is 0. The maximum absolute atomic E-state index is 10.9. The summed E-state index contributed by atoms with van der Waals surface area (Å²) in [4.78, 5) is 10.9. The van der Waals surface area contributed by atoms with Crippen LogP contribution in [-0.2, 0) is 6.54 Å². The molecule has 3 heteroatoms. The molecule has 0 bridgehead atoms. The van der Waals surface area contributed by atoms with Gasteiger partial charge in [0.2, 0.25) is 0 Å². The number of halogens is 1. The van der Waals surface area contributed by atoms with Gasteiger partial charge in [-0.05, 0) is 12.8 Å². The van der Waals surface area contributed by atoms with Crippen LogP contribution in [0.4, 0.5) is 0 Å². The predicted octanol–water partition coefficient (Wildman–Crippen LogP) is 3.57. The third kappa shape index (κ3) is 2.00. The zero-order valence-electron chi connectivity index (χ0n) is 9.38. The number of allylic oxidation sites excluding steroid dienone is 1. The number of nitrogens with zero attached hydrogens (tertiary/aromatic N) is 1. The number of hydrogen-bond acceptors (Lipinski definition) is 1. The van der Waals surface area contributed by atoms with E-state index in [-0.39, 0.29) is 0 Å². The molecule has 0 aliphatic rings. The van der Waals surface area contributed by atoms with E-state index in [1.54, 1.807) is 0 Å². The number of rotatable bonds is 4. The van der Waals surface area contributed by atoms with Crippen LogP contribution in [0.2, 0.25) is 5.02 Å². The first-order valence-corrected chi connectivity index (χ1v) is 5.36. The summed E-state index contributed by atoms with van der Waals surface area (Å²) in [6.07, 6.45) is 2.63. The summed E-state index contributed by atoms with van der Waals surface area (Å²) in [7, 11) is 0. The van der Waals surface area contributed by atoms with E-state index in [1.807, 2.05) is 17.6 Å². The minimum absolute atomic E-state index is 0.296. The second-order valence-electron chi connectivity index (χ2n) is 3.87. The molecule has 0 spiro atoms. The Kier molecular flexibility index (Phi) is 3.75. The Morgan fingerprint density at radius 3 is 2.53 bits per heavy atom. The highest BCUT2D eigenvalue weighted by atomic mass is 35.5. The zero-order chi connectivity index (χ0) is 11.6. The fraction of sp³-hybridized carbons (Fsp3) is 0.417. The van der Waals surface area contributed by atoms with Crippen LogP contribution in [0.3, 0.4) is 0 Å². The van der Waals surface area contributed by atoms with Crippen LogP contribution in [0.1, 0.15) is 41.5 Å². The van der Waals surface area contributed by atoms with Crippen LogP contribution in [0, 0.1) is 6.92 Å². The Balaban J connectivity index is 3.45. The Hall–Kier alpha value is -1.02. The molecule has 1 aromatic heterocycles. The minimum atomic E-state index is 0.296. The van der Waals surface area contributed by atoms with Gasteiger partial charge in [0.25, 0.3) is 0 Å². The SMILES string of the molecule is C=CCn1c(C)c(C=O)c(Cl)c1C(C)C. The molecule has 0 aromatic carbocycles. The van der Waals surface area contributed by atoms with Crippen LogP contribution < -0.4 is 0 Å². The summed E-state index contributed by atoms with van der Waals surface area (Å²) in [5, 5.41) is 0.583. The molecule has 1 aromatic rings. The number of carbonyl (C=O) groups is 1.